The van der Waals surface area contributed by atoms with E-state index in [-0.39, 0.29) is 11.9 Å². The molecule has 2 unspecified atom stereocenters. The number of hydrogen-bond donors (Lipinski definition) is 1. The van der Waals surface area contributed by atoms with E-state index in [0.29, 0.717) is 11.8 Å². The average Bonchev–Trinajstić information content (AvgIpc) is 2.15. The highest BCUT2D eigenvalue weighted by Gasteiger charge is 2.25. The quantitative estimate of drug-likeness (QED) is 0.772. The van der Waals surface area contributed by atoms with Crippen molar-refractivity contribution in [3.63, 3.8) is 0 Å². The third kappa shape index (κ3) is 3.82. The highest BCUT2D eigenvalue weighted by molar-refractivity contribution is 5.81. The van der Waals surface area contributed by atoms with Crippen LogP contribution in [0.3, 0.4) is 0 Å². The zero-order valence-electron chi connectivity index (χ0n) is 10.2. The molecule has 1 heterocycles. The fraction of sp³-hybridized carbons (Fsp3) is 0.917. The van der Waals surface area contributed by atoms with Gasteiger partial charge >= 0.3 is 0 Å². The summed E-state index contributed by atoms with van der Waals surface area (Å²) in [4.78, 5) is 13.9. The van der Waals surface area contributed by atoms with Gasteiger partial charge in [0, 0.05) is 13.1 Å². The van der Waals surface area contributed by atoms with Gasteiger partial charge in [-0.2, -0.15) is 0 Å². The molecule has 0 aliphatic carbocycles. The Morgan fingerprint density at radius 2 is 2.20 bits per heavy atom. The second kappa shape index (κ2) is 5.50. The summed E-state index contributed by atoms with van der Waals surface area (Å²) in [6.07, 6.45) is 3.16. The fourth-order valence-electron chi connectivity index (χ4n) is 2.23. The summed E-state index contributed by atoms with van der Waals surface area (Å²) in [6.45, 7) is 8.20. The molecule has 1 rings (SSSR count). The van der Waals surface area contributed by atoms with Gasteiger partial charge in [-0.15, -0.1) is 0 Å². The van der Waals surface area contributed by atoms with Crippen molar-refractivity contribution in [2.75, 3.05) is 13.1 Å². The Morgan fingerprint density at radius 3 is 2.73 bits per heavy atom. The Labute approximate surface area is 93.0 Å². The Hall–Kier alpha value is -0.570. The minimum absolute atomic E-state index is 0.148. The lowest BCUT2D eigenvalue weighted by Crippen LogP contribution is -2.48. The molecule has 3 heteroatoms. The first-order valence-electron chi connectivity index (χ1n) is 6.05. The van der Waals surface area contributed by atoms with Gasteiger partial charge in [0.05, 0.1) is 6.04 Å². The van der Waals surface area contributed by atoms with Gasteiger partial charge in [-0.25, -0.2) is 0 Å². The van der Waals surface area contributed by atoms with E-state index in [0.717, 1.165) is 25.9 Å². The number of piperidine rings is 1. The van der Waals surface area contributed by atoms with E-state index in [2.05, 4.69) is 20.8 Å². The van der Waals surface area contributed by atoms with Crippen LogP contribution in [0, 0.1) is 11.8 Å². The Bertz CT molecular complexity index is 216. The van der Waals surface area contributed by atoms with Gasteiger partial charge in [-0.1, -0.05) is 20.8 Å². The molecular weight excluding hydrogens is 188 g/mol. The predicted octanol–water partition coefficient (Wildman–Crippen LogP) is 1.62. The minimum Gasteiger partial charge on any atom is -0.341 e. The summed E-state index contributed by atoms with van der Waals surface area (Å²) in [5.74, 6) is 1.27. The van der Waals surface area contributed by atoms with Crippen LogP contribution in [0.1, 0.15) is 40.0 Å². The molecule has 15 heavy (non-hydrogen) atoms. The van der Waals surface area contributed by atoms with Crippen molar-refractivity contribution < 1.29 is 4.79 Å². The van der Waals surface area contributed by atoms with Crippen molar-refractivity contribution in [1.82, 2.24) is 4.90 Å². The van der Waals surface area contributed by atoms with E-state index in [1.54, 1.807) is 0 Å². The second-order valence-electron chi connectivity index (χ2n) is 5.27. The minimum atomic E-state index is -0.296. The molecule has 2 atom stereocenters. The number of carbonyl (C=O) groups excluding carboxylic acids is 1. The molecule has 1 saturated heterocycles. The summed E-state index contributed by atoms with van der Waals surface area (Å²) in [5, 5.41) is 0. The van der Waals surface area contributed by atoms with Crippen LogP contribution < -0.4 is 5.73 Å². The third-order valence-corrected chi connectivity index (χ3v) is 3.01. The maximum Gasteiger partial charge on any atom is 0.239 e. The molecule has 3 nitrogen and oxygen atoms in total. The summed E-state index contributed by atoms with van der Waals surface area (Å²) < 4.78 is 0. The predicted molar refractivity (Wildman–Crippen MR) is 62.4 cm³/mol. The molecular formula is C12H24N2O. The first-order valence-corrected chi connectivity index (χ1v) is 6.05. The van der Waals surface area contributed by atoms with E-state index in [1.165, 1.54) is 6.42 Å². The Balaban J connectivity index is 2.44. The molecule has 88 valence electrons. The van der Waals surface area contributed by atoms with Crippen molar-refractivity contribution in [3.05, 3.63) is 0 Å². The highest BCUT2D eigenvalue weighted by atomic mass is 16.2. The maximum absolute atomic E-state index is 12.0. The number of amides is 1. The van der Waals surface area contributed by atoms with Crippen molar-refractivity contribution in [1.29, 1.82) is 0 Å². The largest absolute Gasteiger partial charge is 0.341 e. The molecule has 2 N–H and O–H groups in total. The number of carbonyl (C=O) groups is 1. The summed E-state index contributed by atoms with van der Waals surface area (Å²) >= 11 is 0. The first-order chi connectivity index (χ1) is 7.00. The van der Waals surface area contributed by atoms with Crippen molar-refractivity contribution in [2.24, 2.45) is 17.6 Å². The van der Waals surface area contributed by atoms with Crippen LogP contribution in [0.15, 0.2) is 0 Å². The summed E-state index contributed by atoms with van der Waals surface area (Å²) in [5.41, 5.74) is 5.90. The molecule has 0 aromatic heterocycles. The number of nitrogens with zero attached hydrogens (tertiary/aromatic N) is 1. The smallest absolute Gasteiger partial charge is 0.239 e. The molecule has 1 aliphatic heterocycles. The molecule has 0 aromatic rings. The average molecular weight is 212 g/mol. The van der Waals surface area contributed by atoms with Gasteiger partial charge in [0.2, 0.25) is 5.91 Å². The molecule has 1 fully saturated rings. The fourth-order valence-corrected chi connectivity index (χ4v) is 2.23. The topological polar surface area (TPSA) is 46.3 Å². The molecule has 1 aliphatic rings. The lowest BCUT2D eigenvalue weighted by molar-refractivity contribution is -0.134. The maximum atomic E-state index is 12.0. The Kier molecular flexibility index (Phi) is 4.58. The molecule has 0 bridgehead atoms. The zero-order chi connectivity index (χ0) is 11.4. The van der Waals surface area contributed by atoms with E-state index in [1.807, 2.05) is 4.90 Å². The van der Waals surface area contributed by atoms with E-state index >= 15 is 0 Å². The van der Waals surface area contributed by atoms with Crippen molar-refractivity contribution >= 4 is 5.91 Å². The van der Waals surface area contributed by atoms with Crippen LogP contribution in [0.5, 0.6) is 0 Å². The molecule has 0 spiro atoms. The second-order valence-corrected chi connectivity index (χ2v) is 5.27. The van der Waals surface area contributed by atoms with Gasteiger partial charge < -0.3 is 10.6 Å². The van der Waals surface area contributed by atoms with Crippen LogP contribution in [0.4, 0.5) is 0 Å². The lowest BCUT2D eigenvalue weighted by atomic mass is 9.98. The molecule has 0 radical (unpaired) electrons. The number of hydrogen-bond acceptors (Lipinski definition) is 2. The van der Waals surface area contributed by atoms with Crippen LogP contribution in [0.25, 0.3) is 0 Å². The zero-order valence-corrected chi connectivity index (χ0v) is 10.2. The normalized spacial score (nSPS) is 24.3. The SMILES string of the molecule is CC(C)CC(N)C(=O)N1CCCC(C)C1. The Morgan fingerprint density at radius 1 is 1.53 bits per heavy atom. The third-order valence-electron chi connectivity index (χ3n) is 3.01. The van der Waals surface area contributed by atoms with Crippen molar-refractivity contribution in [2.45, 2.75) is 46.1 Å². The van der Waals surface area contributed by atoms with Crippen LogP contribution >= 0.6 is 0 Å². The van der Waals surface area contributed by atoms with Gasteiger partial charge in [0.25, 0.3) is 0 Å². The summed E-state index contributed by atoms with van der Waals surface area (Å²) in [6, 6.07) is -0.296. The number of nitrogens with two attached hydrogens (primary N) is 1. The monoisotopic (exact) mass is 212 g/mol. The van der Waals surface area contributed by atoms with Crippen molar-refractivity contribution in [3.8, 4) is 0 Å². The molecule has 1 amide bonds. The standard InChI is InChI=1S/C12H24N2O/c1-9(2)7-11(13)12(15)14-6-4-5-10(3)8-14/h9-11H,4-8,13H2,1-3H3. The van der Waals surface area contributed by atoms with Crippen LogP contribution in [-0.2, 0) is 4.79 Å². The van der Waals surface area contributed by atoms with Gasteiger partial charge in [0.15, 0.2) is 0 Å². The highest BCUT2D eigenvalue weighted by Crippen LogP contribution is 2.17. The molecule has 0 aromatic carbocycles. The van der Waals surface area contributed by atoms with Crippen LogP contribution in [0.2, 0.25) is 0 Å². The molecule has 0 saturated carbocycles. The van der Waals surface area contributed by atoms with Gasteiger partial charge in [-0.05, 0) is 31.1 Å². The van der Waals surface area contributed by atoms with Gasteiger partial charge in [0.1, 0.15) is 0 Å². The first kappa shape index (κ1) is 12.5. The summed E-state index contributed by atoms with van der Waals surface area (Å²) in [7, 11) is 0. The van der Waals surface area contributed by atoms with Crippen LogP contribution in [-0.4, -0.2) is 29.9 Å². The van der Waals surface area contributed by atoms with Gasteiger partial charge in [-0.3, -0.25) is 4.79 Å². The van der Waals surface area contributed by atoms with E-state index < -0.39 is 0 Å². The number of rotatable bonds is 3. The number of likely N-dealkylation sites (tertiary alicyclic amines) is 1. The van der Waals surface area contributed by atoms with E-state index in [9.17, 15) is 4.79 Å². The van der Waals surface area contributed by atoms with E-state index in [4.69, 9.17) is 5.73 Å². The lowest BCUT2D eigenvalue weighted by Gasteiger charge is -2.33.